The Hall–Kier alpha value is -3.16. The molecule has 1 aliphatic heterocycles. The van der Waals surface area contributed by atoms with Crippen molar-refractivity contribution in [3.8, 4) is 0 Å². The molecular formula is C22H27N5O3. The van der Waals surface area contributed by atoms with Gasteiger partial charge in [-0.2, -0.15) is 0 Å². The molecule has 8 nitrogen and oxygen atoms in total. The molecule has 4 rings (SSSR count). The number of aromatic nitrogens is 3. The number of fused-ring (bicyclic) bond motifs is 3. The number of aromatic amines is 1. The highest BCUT2D eigenvalue weighted by Gasteiger charge is 2.25. The quantitative estimate of drug-likeness (QED) is 0.713. The van der Waals surface area contributed by atoms with Crippen LogP contribution in [0.5, 0.6) is 0 Å². The molecule has 0 aliphatic carbocycles. The van der Waals surface area contributed by atoms with Gasteiger partial charge in [0.1, 0.15) is 11.0 Å². The van der Waals surface area contributed by atoms with Gasteiger partial charge in [0.25, 0.3) is 5.56 Å². The fourth-order valence-electron chi connectivity index (χ4n) is 3.98. The SMILES string of the molecule is Cc1ccc2[nH]c3c(=O)n(CCC(=O)N4CCN(C(=O)C(C)C)CC4)cnc3c2c1. The number of carbonyl (C=O) groups is 2. The van der Waals surface area contributed by atoms with Crippen molar-refractivity contribution in [3.05, 3.63) is 40.4 Å². The normalized spacial score (nSPS) is 14.8. The molecule has 1 aliphatic rings. The topological polar surface area (TPSA) is 91.3 Å². The number of aryl methyl sites for hydroxylation is 2. The van der Waals surface area contributed by atoms with Gasteiger partial charge in [-0.1, -0.05) is 25.5 Å². The van der Waals surface area contributed by atoms with Gasteiger partial charge in [0.15, 0.2) is 0 Å². The van der Waals surface area contributed by atoms with Crippen molar-refractivity contribution in [3.63, 3.8) is 0 Å². The van der Waals surface area contributed by atoms with Gasteiger partial charge in [-0.15, -0.1) is 0 Å². The maximum Gasteiger partial charge on any atom is 0.277 e. The van der Waals surface area contributed by atoms with Gasteiger partial charge < -0.3 is 14.8 Å². The number of nitrogens with one attached hydrogen (secondary N) is 1. The van der Waals surface area contributed by atoms with Crippen molar-refractivity contribution in [1.29, 1.82) is 0 Å². The first-order valence-corrected chi connectivity index (χ1v) is 10.4. The largest absolute Gasteiger partial charge is 0.349 e. The highest BCUT2D eigenvalue weighted by Crippen LogP contribution is 2.22. The summed E-state index contributed by atoms with van der Waals surface area (Å²) in [5.41, 5.74) is 2.94. The Balaban J connectivity index is 1.43. The van der Waals surface area contributed by atoms with Crippen molar-refractivity contribution in [2.24, 2.45) is 5.92 Å². The van der Waals surface area contributed by atoms with Crippen LogP contribution in [0.2, 0.25) is 0 Å². The fourth-order valence-corrected chi connectivity index (χ4v) is 3.98. The summed E-state index contributed by atoms with van der Waals surface area (Å²) in [5, 5.41) is 0.930. The van der Waals surface area contributed by atoms with Crippen LogP contribution in [0.25, 0.3) is 21.9 Å². The Morgan fingerprint density at radius 3 is 2.53 bits per heavy atom. The minimum absolute atomic E-state index is 0.00841. The molecule has 0 atom stereocenters. The maximum absolute atomic E-state index is 12.9. The summed E-state index contributed by atoms with van der Waals surface area (Å²) < 4.78 is 1.49. The van der Waals surface area contributed by atoms with Crippen LogP contribution in [0.3, 0.4) is 0 Å². The molecule has 2 aromatic heterocycles. The molecule has 30 heavy (non-hydrogen) atoms. The molecule has 8 heteroatoms. The first-order valence-electron chi connectivity index (χ1n) is 10.4. The van der Waals surface area contributed by atoms with Gasteiger partial charge in [0, 0.05) is 56.0 Å². The van der Waals surface area contributed by atoms with E-state index in [0.29, 0.717) is 37.2 Å². The first-order chi connectivity index (χ1) is 14.3. The van der Waals surface area contributed by atoms with Crippen molar-refractivity contribution < 1.29 is 9.59 Å². The lowest BCUT2D eigenvalue weighted by molar-refractivity contribution is -0.141. The van der Waals surface area contributed by atoms with Crippen LogP contribution in [-0.2, 0) is 16.1 Å². The summed E-state index contributed by atoms with van der Waals surface area (Å²) in [6.45, 7) is 8.24. The molecule has 2 amide bonds. The third-order valence-electron chi connectivity index (χ3n) is 5.73. The van der Waals surface area contributed by atoms with Gasteiger partial charge in [-0.3, -0.25) is 19.0 Å². The van der Waals surface area contributed by atoms with E-state index >= 15 is 0 Å². The number of nitrogens with zero attached hydrogens (tertiary/aromatic N) is 4. The maximum atomic E-state index is 12.9. The Labute approximate surface area is 174 Å². The molecule has 0 spiro atoms. The van der Waals surface area contributed by atoms with E-state index in [1.807, 2.05) is 43.9 Å². The molecule has 1 aromatic carbocycles. The highest BCUT2D eigenvalue weighted by molar-refractivity contribution is 6.04. The van der Waals surface area contributed by atoms with Gasteiger partial charge in [-0.05, 0) is 19.1 Å². The number of amides is 2. The van der Waals surface area contributed by atoms with Crippen molar-refractivity contribution >= 4 is 33.8 Å². The van der Waals surface area contributed by atoms with E-state index in [0.717, 1.165) is 16.5 Å². The number of rotatable bonds is 4. The lowest BCUT2D eigenvalue weighted by Crippen LogP contribution is -2.51. The molecule has 1 fully saturated rings. The number of piperazine rings is 1. The standard InChI is InChI=1S/C22H27N5O3/c1-14(2)21(29)26-10-8-25(9-11-26)18(28)6-7-27-13-23-19-16-12-15(3)4-5-17(16)24-20(19)22(27)30/h4-5,12-14,24H,6-11H2,1-3H3. The van der Waals surface area contributed by atoms with E-state index < -0.39 is 0 Å². The van der Waals surface area contributed by atoms with Crippen LogP contribution < -0.4 is 5.56 Å². The van der Waals surface area contributed by atoms with E-state index in [2.05, 4.69) is 9.97 Å². The minimum atomic E-state index is -0.172. The number of H-pyrrole nitrogens is 1. The second-order valence-electron chi connectivity index (χ2n) is 8.25. The Morgan fingerprint density at radius 2 is 1.83 bits per heavy atom. The minimum Gasteiger partial charge on any atom is -0.349 e. The molecular weight excluding hydrogens is 382 g/mol. The molecule has 0 radical (unpaired) electrons. The molecule has 1 N–H and O–H groups in total. The summed E-state index contributed by atoms with van der Waals surface area (Å²) in [5.74, 6) is 0.0857. The zero-order chi connectivity index (χ0) is 21.4. The van der Waals surface area contributed by atoms with Crippen molar-refractivity contribution in [2.45, 2.75) is 33.7 Å². The zero-order valence-electron chi connectivity index (χ0n) is 17.6. The summed E-state index contributed by atoms with van der Waals surface area (Å²) in [7, 11) is 0. The summed E-state index contributed by atoms with van der Waals surface area (Å²) >= 11 is 0. The Bertz CT molecular complexity index is 1170. The smallest absolute Gasteiger partial charge is 0.277 e. The van der Waals surface area contributed by atoms with Crippen LogP contribution in [-0.4, -0.2) is 62.3 Å². The molecule has 3 heterocycles. The molecule has 158 valence electrons. The first kappa shape index (κ1) is 20.1. The second-order valence-corrected chi connectivity index (χ2v) is 8.25. The summed E-state index contributed by atoms with van der Waals surface area (Å²) in [4.78, 5) is 48.8. The van der Waals surface area contributed by atoms with E-state index in [1.165, 1.54) is 10.9 Å². The predicted molar refractivity (Wildman–Crippen MR) is 115 cm³/mol. The lowest BCUT2D eigenvalue weighted by Gasteiger charge is -2.35. The summed E-state index contributed by atoms with van der Waals surface area (Å²) in [6.07, 6.45) is 1.75. The third-order valence-corrected chi connectivity index (χ3v) is 5.73. The lowest BCUT2D eigenvalue weighted by atomic mass is 10.1. The monoisotopic (exact) mass is 409 g/mol. The number of hydrogen-bond donors (Lipinski definition) is 1. The van der Waals surface area contributed by atoms with E-state index in [1.54, 1.807) is 4.90 Å². The van der Waals surface area contributed by atoms with Gasteiger partial charge >= 0.3 is 0 Å². The zero-order valence-corrected chi connectivity index (χ0v) is 17.6. The number of carbonyl (C=O) groups excluding carboxylic acids is 2. The molecule has 0 bridgehead atoms. The van der Waals surface area contributed by atoms with Crippen LogP contribution in [0.15, 0.2) is 29.3 Å². The van der Waals surface area contributed by atoms with Crippen LogP contribution in [0, 0.1) is 12.8 Å². The van der Waals surface area contributed by atoms with Crippen LogP contribution in [0.4, 0.5) is 0 Å². The van der Waals surface area contributed by atoms with Gasteiger partial charge in [-0.25, -0.2) is 4.98 Å². The van der Waals surface area contributed by atoms with Crippen molar-refractivity contribution in [1.82, 2.24) is 24.3 Å². The summed E-state index contributed by atoms with van der Waals surface area (Å²) in [6, 6.07) is 5.95. The van der Waals surface area contributed by atoms with Crippen LogP contribution >= 0.6 is 0 Å². The average molecular weight is 409 g/mol. The molecule has 0 saturated carbocycles. The number of benzene rings is 1. The Kier molecular flexibility index (Phi) is 5.32. The van der Waals surface area contributed by atoms with E-state index in [4.69, 9.17) is 0 Å². The van der Waals surface area contributed by atoms with Crippen LogP contribution in [0.1, 0.15) is 25.8 Å². The van der Waals surface area contributed by atoms with E-state index in [-0.39, 0.29) is 36.3 Å². The number of hydrogen-bond acceptors (Lipinski definition) is 4. The highest BCUT2D eigenvalue weighted by atomic mass is 16.2. The predicted octanol–water partition coefficient (Wildman–Crippen LogP) is 1.90. The van der Waals surface area contributed by atoms with Gasteiger partial charge in [0.05, 0.1) is 6.33 Å². The molecule has 3 aromatic rings. The Morgan fingerprint density at radius 1 is 1.13 bits per heavy atom. The van der Waals surface area contributed by atoms with Crippen molar-refractivity contribution in [2.75, 3.05) is 26.2 Å². The molecule has 0 unspecified atom stereocenters. The second kappa shape index (κ2) is 7.93. The fraction of sp³-hybridized carbons (Fsp3) is 0.455. The average Bonchev–Trinajstić information content (AvgIpc) is 3.11. The van der Waals surface area contributed by atoms with Gasteiger partial charge in [0.2, 0.25) is 11.8 Å². The molecule has 1 saturated heterocycles. The van der Waals surface area contributed by atoms with E-state index in [9.17, 15) is 14.4 Å². The third kappa shape index (κ3) is 3.69.